The second kappa shape index (κ2) is 3.01. The van der Waals surface area contributed by atoms with Crippen molar-refractivity contribution in [3.8, 4) is 0 Å². The zero-order valence-electron chi connectivity index (χ0n) is 7.71. The van der Waals surface area contributed by atoms with Crippen molar-refractivity contribution < 1.29 is 9.59 Å². The average molecular weight is 199 g/mol. The highest BCUT2D eigenvalue weighted by Crippen LogP contribution is 2.48. The summed E-state index contributed by atoms with van der Waals surface area (Å²) in [7, 11) is 0. The Balaban J connectivity index is 2.25. The van der Waals surface area contributed by atoms with Gasteiger partial charge in [0.1, 0.15) is 4.75 Å². The van der Waals surface area contributed by atoms with Gasteiger partial charge in [-0.25, -0.2) is 0 Å². The van der Waals surface area contributed by atoms with Gasteiger partial charge in [0.2, 0.25) is 5.91 Å². The predicted octanol–water partition coefficient (Wildman–Crippen LogP) is 2.01. The number of carbonyl (C=O) groups is 2. The molecule has 0 aromatic heterocycles. The van der Waals surface area contributed by atoms with E-state index < -0.39 is 0 Å². The highest BCUT2D eigenvalue weighted by Gasteiger charge is 2.53. The van der Waals surface area contributed by atoms with Crippen LogP contribution in [-0.4, -0.2) is 27.3 Å². The molecule has 2 fully saturated rings. The number of nitrogens with zero attached hydrogens (tertiary/aromatic N) is 1. The van der Waals surface area contributed by atoms with E-state index in [1.807, 2.05) is 6.92 Å². The standard InChI is InChI=1S/C9H13NO2S/c1-2-10-7(11)9(13-8(10)12)5-3-4-6-9/h2-6H2,1H3. The summed E-state index contributed by atoms with van der Waals surface area (Å²) >= 11 is 1.25. The molecule has 1 saturated carbocycles. The lowest BCUT2D eigenvalue weighted by Gasteiger charge is -2.18. The van der Waals surface area contributed by atoms with Crippen LogP contribution in [0, 0.1) is 0 Å². The number of thioether (sulfide) groups is 1. The molecule has 3 nitrogen and oxygen atoms in total. The first kappa shape index (κ1) is 9.06. The maximum atomic E-state index is 11.9. The molecule has 1 saturated heterocycles. The summed E-state index contributed by atoms with van der Waals surface area (Å²) in [6.45, 7) is 2.37. The third kappa shape index (κ3) is 1.19. The monoisotopic (exact) mass is 199 g/mol. The first-order valence-corrected chi connectivity index (χ1v) is 5.56. The Bertz CT molecular complexity index is 258. The van der Waals surface area contributed by atoms with Crippen molar-refractivity contribution in [2.75, 3.05) is 6.54 Å². The molecule has 0 atom stereocenters. The van der Waals surface area contributed by atoms with Gasteiger partial charge >= 0.3 is 0 Å². The second-order valence-corrected chi connectivity index (χ2v) is 4.95. The Morgan fingerprint density at radius 1 is 1.38 bits per heavy atom. The van der Waals surface area contributed by atoms with Crippen LogP contribution in [0.15, 0.2) is 0 Å². The second-order valence-electron chi connectivity index (χ2n) is 3.62. The fraction of sp³-hybridized carbons (Fsp3) is 0.778. The topological polar surface area (TPSA) is 37.4 Å². The van der Waals surface area contributed by atoms with Crippen molar-refractivity contribution in [1.29, 1.82) is 0 Å². The molecule has 1 aliphatic carbocycles. The summed E-state index contributed by atoms with van der Waals surface area (Å²) in [5, 5.41) is -0.0469. The quantitative estimate of drug-likeness (QED) is 0.648. The maximum absolute atomic E-state index is 11.9. The summed E-state index contributed by atoms with van der Waals surface area (Å²) in [5.41, 5.74) is 0. The molecule has 1 spiro atoms. The minimum Gasteiger partial charge on any atom is -0.273 e. The third-order valence-electron chi connectivity index (χ3n) is 2.87. The van der Waals surface area contributed by atoms with Gasteiger partial charge in [0.05, 0.1) is 0 Å². The largest absolute Gasteiger partial charge is 0.289 e. The molecule has 0 N–H and O–H groups in total. The van der Waals surface area contributed by atoms with Crippen molar-refractivity contribution in [2.45, 2.75) is 37.4 Å². The number of carbonyl (C=O) groups excluding carboxylic acids is 2. The summed E-state index contributed by atoms with van der Waals surface area (Å²) < 4.78 is -0.354. The van der Waals surface area contributed by atoms with E-state index in [2.05, 4.69) is 0 Å². The summed E-state index contributed by atoms with van der Waals surface area (Å²) in [5.74, 6) is 0.0579. The van der Waals surface area contributed by atoms with Crippen LogP contribution in [0.4, 0.5) is 4.79 Å². The van der Waals surface area contributed by atoms with Crippen LogP contribution in [0.1, 0.15) is 32.6 Å². The molecule has 13 heavy (non-hydrogen) atoms. The highest BCUT2D eigenvalue weighted by molar-refractivity contribution is 8.16. The van der Waals surface area contributed by atoms with Crippen LogP contribution in [0.5, 0.6) is 0 Å². The van der Waals surface area contributed by atoms with Crippen LogP contribution >= 0.6 is 11.8 Å². The molecule has 1 heterocycles. The molecule has 2 rings (SSSR count). The minimum atomic E-state index is -0.354. The molecule has 0 radical (unpaired) electrons. The van der Waals surface area contributed by atoms with Crippen molar-refractivity contribution >= 4 is 22.9 Å². The normalized spacial score (nSPS) is 26.4. The number of imide groups is 1. The van der Waals surface area contributed by atoms with Crippen molar-refractivity contribution in [2.24, 2.45) is 0 Å². The first-order chi connectivity index (χ1) is 6.19. The Hall–Kier alpha value is -0.510. The van der Waals surface area contributed by atoms with Crippen LogP contribution in [0.25, 0.3) is 0 Å². The third-order valence-corrected chi connectivity index (χ3v) is 4.23. The van der Waals surface area contributed by atoms with Crippen LogP contribution < -0.4 is 0 Å². The molecule has 72 valence electrons. The molecule has 0 aromatic carbocycles. The number of amides is 2. The van der Waals surface area contributed by atoms with Crippen LogP contribution in [-0.2, 0) is 4.79 Å². The van der Waals surface area contributed by atoms with Crippen LogP contribution in [0.2, 0.25) is 0 Å². The fourth-order valence-corrected chi connectivity index (χ4v) is 3.48. The highest BCUT2D eigenvalue weighted by atomic mass is 32.2. The van der Waals surface area contributed by atoms with Crippen molar-refractivity contribution in [3.05, 3.63) is 0 Å². The van der Waals surface area contributed by atoms with Gasteiger partial charge < -0.3 is 0 Å². The molecule has 4 heteroatoms. The number of hydrogen-bond donors (Lipinski definition) is 0. The molecule has 2 amide bonds. The van der Waals surface area contributed by atoms with Gasteiger partial charge in [-0.15, -0.1) is 0 Å². The van der Waals surface area contributed by atoms with Gasteiger partial charge in [-0.1, -0.05) is 12.8 Å². The lowest BCUT2D eigenvalue weighted by atomic mass is 10.1. The van der Waals surface area contributed by atoms with E-state index in [9.17, 15) is 9.59 Å². The van der Waals surface area contributed by atoms with Crippen molar-refractivity contribution in [1.82, 2.24) is 4.90 Å². The fourth-order valence-electron chi connectivity index (χ4n) is 2.13. The summed E-state index contributed by atoms with van der Waals surface area (Å²) in [6, 6.07) is 0. The van der Waals surface area contributed by atoms with Gasteiger partial charge in [-0.05, 0) is 31.5 Å². The van der Waals surface area contributed by atoms with Gasteiger partial charge in [0, 0.05) is 6.54 Å². The van der Waals surface area contributed by atoms with Crippen molar-refractivity contribution in [3.63, 3.8) is 0 Å². The van der Waals surface area contributed by atoms with E-state index in [4.69, 9.17) is 0 Å². The van der Waals surface area contributed by atoms with Gasteiger partial charge in [0.15, 0.2) is 0 Å². The zero-order valence-corrected chi connectivity index (χ0v) is 8.52. The Labute approximate surface area is 81.9 Å². The SMILES string of the molecule is CCN1C(=O)SC2(CCCC2)C1=O. The summed E-state index contributed by atoms with van der Waals surface area (Å²) in [4.78, 5) is 24.7. The maximum Gasteiger partial charge on any atom is 0.289 e. The van der Waals surface area contributed by atoms with Gasteiger partial charge in [-0.2, -0.15) is 0 Å². The molecule has 1 aliphatic heterocycles. The Morgan fingerprint density at radius 2 is 2.00 bits per heavy atom. The lowest BCUT2D eigenvalue weighted by Crippen LogP contribution is -2.37. The predicted molar refractivity (Wildman–Crippen MR) is 51.6 cm³/mol. The average Bonchev–Trinajstić information content (AvgIpc) is 2.62. The molecule has 0 bridgehead atoms. The number of hydrogen-bond acceptors (Lipinski definition) is 3. The van der Waals surface area contributed by atoms with E-state index in [-0.39, 0.29) is 15.9 Å². The number of rotatable bonds is 1. The van der Waals surface area contributed by atoms with E-state index >= 15 is 0 Å². The molecular weight excluding hydrogens is 186 g/mol. The van der Waals surface area contributed by atoms with E-state index in [1.54, 1.807) is 0 Å². The van der Waals surface area contributed by atoms with E-state index in [0.29, 0.717) is 6.54 Å². The van der Waals surface area contributed by atoms with E-state index in [0.717, 1.165) is 25.7 Å². The zero-order chi connectivity index (χ0) is 9.47. The van der Waals surface area contributed by atoms with Crippen LogP contribution in [0.3, 0.4) is 0 Å². The van der Waals surface area contributed by atoms with E-state index in [1.165, 1.54) is 16.7 Å². The van der Waals surface area contributed by atoms with Gasteiger partial charge in [-0.3, -0.25) is 14.5 Å². The molecule has 2 aliphatic rings. The Kier molecular flexibility index (Phi) is 2.10. The molecular formula is C9H13NO2S. The first-order valence-electron chi connectivity index (χ1n) is 4.74. The molecule has 0 unspecified atom stereocenters. The Morgan fingerprint density at radius 3 is 2.46 bits per heavy atom. The molecule has 0 aromatic rings. The minimum absolute atomic E-state index is 0.0469. The van der Waals surface area contributed by atoms with Gasteiger partial charge in [0.25, 0.3) is 5.24 Å². The summed E-state index contributed by atoms with van der Waals surface area (Å²) in [6.07, 6.45) is 3.95. The smallest absolute Gasteiger partial charge is 0.273 e. The lowest BCUT2D eigenvalue weighted by molar-refractivity contribution is -0.129.